The number of ether oxygens (including phenoxy) is 2. The molecule has 5 rings (SSSR count). The molecule has 0 saturated heterocycles. The molecule has 4 aromatic rings. The predicted octanol–water partition coefficient (Wildman–Crippen LogP) is 6.71. The van der Waals surface area contributed by atoms with Crippen LogP contribution in [0.2, 0.25) is 5.02 Å². The number of carbonyl (C=O) groups excluding carboxylic acids is 1. The zero-order valence-corrected chi connectivity index (χ0v) is 27.7. The highest BCUT2D eigenvalue weighted by atomic mass is 127. The molecule has 1 aliphatic heterocycles. The van der Waals surface area contributed by atoms with E-state index in [1.54, 1.807) is 30.6 Å². The van der Waals surface area contributed by atoms with Crippen molar-refractivity contribution in [3.63, 3.8) is 0 Å². The van der Waals surface area contributed by atoms with Gasteiger partial charge in [-0.1, -0.05) is 64.9 Å². The molecule has 3 aromatic carbocycles. The number of halogens is 3. The first kappa shape index (κ1) is 29.8. The first-order chi connectivity index (χ1) is 19.7. The molecule has 1 atom stereocenters. The maximum atomic E-state index is 13.9. The number of aryl methyl sites for hydroxylation is 1. The first-order valence-corrected chi connectivity index (χ1v) is 15.9. The molecule has 2 heterocycles. The highest BCUT2D eigenvalue weighted by molar-refractivity contribution is 14.1. The monoisotopic (exact) mass is 762 g/mol. The van der Waals surface area contributed by atoms with Crippen LogP contribution in [0.15, 0.2) is 86.2 Å². The molecule has 0 radical (unpaired) electrons. The maximum absolute atomic E-state index is 13.9. The molecule has 0 aliphatic carbocycles. The molecule has 0 amide bonds. The summed E-state index contributed by atoms with van der Waals surface area (Å²) < 4.78 is 15.2. The largest absolute Gasteiger partial charge is 0.486 e. The van der Waals surface area contributed by atoms with Crippen molar-refractivity contribution in [2.75, 3.05) is 6.61 Å². The molecule has 1 aliphatic rings. The Morgan fingerprint density at radius 2 is 1.85 bits per heavy atom. The number of thiazole rings is 1. The summed E-state index contributed by atoms with van der Waals surface area (Å²) in [6, 6.07) is 18.8. The Balaban J connectivity index is 1.54. The number of aromatic nitrogens is 1. The van der Waals surface area contributed by atoms with Crippen molar-refractivity contribution in [1.29, 1.82) is 0 Å². The van der Waals surface area contributed by atoms with Gasteiger partial charge in [0.2, 0.25) is 0 Å². The molecule has 0 saturated carbocycles. The number of nitrogens with zero attached hydrogens (tertiary/aromatic N) is 2. The minimum Gasteiger partial charge on any atom is -0.486 e. The van der Waals surface area contributed by atoms with E-state index in [1.807, 2.05) is 61.5 Å². The summed E-state index contributed by atoms with van der Waals surface area (Å²) in [5.74, 6) is 0.0445. The van der Waals surface area contributed by atoms with E-state index in [-0.39, 0.29) is 12.2 Å². The average Bonchev–Trinajstić information content (AvgIpc) is 3.23. The highest BCUT2D eigenvalue weighted by Crippen LogP contribution is 2.35. The summed E-state index contributed by atoms with van der Waals surface area (Å²) in [5, 5.41) is 0.418. The zero-order valence-electron chi connectivity index (χ0n) is 22.4. The van der Waals surface area contributed by atoms with E-state index in [4.69, 9.17) is 21.1 Å². The van der Waals surface area contributed by atoms with Gasteiger partial charge in [0.05, 0.1) is 37.9 Å². The Bertz CT molecular complexity index is 1820. The van der Waals surface area contributed by atoms with E-state index < -0.39 is 12.0 Å². The van der Waals surface area contributed by atoms with Gasteiger partial charge >= 0.3 is 5.97 Å². The van der Waals surface area contributed by atoms with Crippen molar-refractivity contribution in [2.45, 2.75) is 33.4 Å². The Labute approximate surface area is 268 Å². The second kappa shape index (κ2) is 12.6. The van der Waals surface area contributed by atoms with Crippen LogP contribution in [0, 0.1) is 10.5 Å². The molecular weight excluding hydrogens is 739 g/mol. The third kappa shape index (κ3) is 6.38. The number of fused-ring (bicyclic) bond motifs is 1. The lowest BCUT2D eigenvalue weighted by Crippen LogP contribution is -2.39. The van der Waals surface area contributed by atoms with E-state index in [0.717, 1.165) is 25.8 Å². The summed E-state index contributed by atoms with van der Waals surface area (Å²) in [6.45, 7) is 6.11. The van der Waals surface area contributed by atoms with Crippen LogP contribution in [0.1, 0.15) is 42.1 Å². The van der Waals surface area contributed by atoms with Crippen LogP contribution in [-0.4, -0.2) is 17.1 Å². The van der Waals surface area contributed by atoms with E-state index in [0.29, 0.717) is 42.5 Å². The van der Waals surface area contributed by atoms with Gasteiger partial charge in [0, 0.05) is 3.57 Å². The lowest BCUT2D eigenvalue weighted by Gasteiger charge is -2.24. The molecule has 6 nitrogen and oxygen atoms in total. The Hall–Kier alpha value is -2.73. The lowest BCUT2D eigenvalue weighted by atomic mass is 9.95. The normalized spacial score (nSPS) is 15.0. The average molecular weight is 764 g/mol. The number of carbonyl (C=O) groups is 1. The fraction of sp³-hybridized carbons (Fsp3) is 0.194. The van der Waals surface area contributed by atoms with E-state index in [9.17, 15) is 9.59 Å². The molecule has 41 heavy (non-hydrogen) atoms. The fourth-order valence-electron chi connectivity index (χ4n) is 4.54. The molecule has 0 spiro atoms. The third-order valence-electron chi connectivity index (χ3n) is 6.52. The Kier molecular flexibility index (Phi) is 9.18. The molecule has 210 valence electrons. The molecule has 0 unspecified atom stereocenters. The summed E-state index contributed by atoms with van der Waals surface area (Å²) in [7, 11) is 0. The third-order valence-corrected chi connectivity index (χ3v) is 9.10. The lowest BCUT2D eigenvalue weighted by molar-refractivity contribution is -0.139. The van der Waals surface area contributed by atoms with Crippen molar-refractivity contribution < 1.29 is 14.3 Å². The summed E-state index contributed by atoms with van der Waals surface area (Å²) >= 11 is 13.7. The van der Waals surface area contributed by atoms with Gasteiger partial charge in [-0.25, -0.2) is 9.79 Å². The van der Waals surface area contributed by atoms with E-state index in [1.165, 1.54) is 11.3 Å². The van der Waals surface area contributed by atoms with Crippen molar-refractivity contribution >= 4 is 73.5 Å². The number of esters is 1. The van der Waals surface area contributed by atoms with Gasteiger partial charge in [0.15, 0.2) is 10.6 Å². The van der Waals surface area contributed by atoms with Crippen LogP contribution in [-0.2, 0) is 16.1 Å². The van der Waals surface area contributed by atoms with Crippen LogP contribution >= 0.6 is 61.5 Å². The van der Waals surface area contributed by atoms with Gasteiger partial charge in [-0.15, -0.1) is 0 Å². The Morgan fingerprint density at radius 3 is 2.51 bits per heavy atom. The topological polar surface area (TPSA) is 69.9 Å². The van der Waals surface area contributed by atoms with Crippen molar-refractivity contribution in [1.82, 2.24) is 4.57 Å². The number of hydrogen-bond acceptors (Lipinski definition) is 6. The van der Waals surface area contributed by atoms with E-state index in [2.05, 4.69) is 43.5 Å². The molecule has 10 heteroatoms. The standard InChI is InChI=1S/C31H25BrClIN2O4S/c1-4-39-30(38)26-18(3)35-31-36(27(26)21-9-5-17(2)6-10-21)29(37)25(41-31)15-20-13-23(32)28(24(33)14-20)40-16-19-7-11-22(34)12-8-19/h5-15,27H,4,16H2,1-3H3/b25-15+/t27-/m1/s1. The van der Waals surface area contributed by atoms with Crippen LogP contribution in [0.25, 0.3) is 6.08 Å². The van der Waals surface area contributed by atoms with Crippen molar-refractivity contribution in [2.24, 2.45) is 4.99 Å². The summed E-state index contributed by atoms with van der Waals surface area (Å²) in [5.41, 5.74) is 4.27. The molecule has 1 aromatic heterocycles. The molecular formula is C31H25BrClIN2O4S. The maximum Gasteiger partial charge on any atom is 0.338 e. The van der Waals surface area contributed by atoms with E-state index >= 15 is 0 Å². The summed E-state index contributed by atoms with van der Waals surface area (Å²) in [6.07, 6.45) is 1.78. The minimum atomic E-state index is -0.652. The van der Waals surface area contributed by atoms with Crippen LogP contribution < -0.4 is 19.6 Å². The van der Waals surface area contributed by atoms with Crippen molar-refractivity contribution in [3.8, 4) is 5.75 Å². The SMILES string of the molecule is CCOC(=O)C1=C(C)N=c2s/c(=C/c3cc(Cl)c(OCc4ccc(I)cc4)c(Br)c3)c(=O)n2[C@@H]1c1ccc(C)cc1. The van der Waals surface area contributed by atoms with Crippen molar-refractivity contribution in [3.05, 3.63) is 127 Å². The summed E-state index contributed by atoms with van der Waals surface area (Å²) in [4.78, 5) is 32.1. The van der Waals surface area contributed by atoms with Gasteiger partial charge in [0.1, 0.15) is 6.61 Å². The van der Waals surface area contributed by atoms with Crippen LogP contribution in [0.5, 0.6) is 5.75 Å². The highest BCUT2D eigenvalue weighted by Gasteiger charge is 2.33. The van der Waals surface area contributed by atoms with Gasteiger partial charge in [0.25, 0.3) is 5.56 Å². The van der Waals surface area contributed by atoms with Crippen LogP contribution in [0.3, 0.4) is 0 Å². The van der Waals surface area contributed by atoms with Crippen LogP contribution in [0.4, 0.5) is 0 Å². The number of allylic oxidation sites excluding steroid dienone is 1. The quantitative estimate of drug-likeness (QED) is 0.155. The molecule has 0 N–H and O–H groups in total. The second-order valence-electron chi connectivity index (χ2n) is 9.44. The number of hydrogen-bond donors (Lipinski definition) is 0. The van der Waals surface area contributed by atoms with Gasteiger partial charge in [-0.05, 0) is 106 Å². The Morgan fingerprint density at radius 1 is 1.15 bits per heavy atom. The zero-order chi connectivity index (χ0) is 29.3. The fourth-order valence-corrected chi connectivity index (χ4v) is 6.94. The number of benzene rings is 3. The first-order valence-electron chi connectivity index (χ1n) is 12.8. The van der Waals surface area contributed by atoms with Gasteiger partial charge in [-0.3, -0.25) is 9.36 Å². The molecule has 0 fully saturated rings. The number of rotatable bonds is 7. The van der Waals surface area contributed by atoms with Gasteiger partial charge in [-0.2, -0.15) is 0 Å². The molecule has 0 bridgehead atoms. The second-order valence-corrected chi connectivity index (χ2v) is 13.0. The van der Waals surface area contributed by atoms with Gasteiger partial charge < -0.3 is 9.47 Å². The smallest absolute Gasteiger partial charge is 0.338 e. The minimum absolute atomic E-state index is 0.223. The predicted molar refractivity (Wildman–Crippen MR) is 174 cm³/mol.